The zero-order valence-corrected chi connectivity index (χ0v) is 31.8. The first-order valence-corrected chi connectivity index (χ1v) is 21.8. The second kappa shape index (κ2) is 31.3. The van der Waals surface area contributed by atoms with E-state index in [0.29, 0.717) is 11.0 Å². The van der Waals surface area contributed by atoms with Crippen LogP contribution >= 0.6 is 23.5 Å². The predicted molar refractivity (Wildman–Crippen MR) is 206 cm³/mol. The van der Waals surface area contributed by atoms with Crippen molar-refractivity contribution < 1.29 is 5.11 Å². The van der Waals surface area contributed by atoms with E-state index < -0.39 is 0 Å². The Bertz CT molecular complexity index is 735. The number of aromatic hydroxyl groups is 1. The van der Waals surface area contributed by atoms with Crippen molar-refractivity contribution in [3.05, 3.63) is 29.3 Å². The number of hydrogen-bond acceptors (Lipinski definition) is 3. The Balaban J connectivity index is 2.80. The van der Waals surface area contributed by atoms with Crippen molar-refractivity contribution in [2.45, 2.75) is 212 Å². The Morgan fingerprint density at radius 2 is 0.932 bits per heavy atom. The zero-order chi connectivity index (χ0) is 31.9. The first-order chi connectivity index (χ1) is 21.7. The molecule has 0 aromatic heterocycles. The van der Waals surface area contributed by atoms with Crippen molar-refractivity contribution in [1.82, 2.24) is 0 Å². The van der Waals surface area contributed by atoms with Crippen LogP contribution in [-0.4, -0.2) is 27.1 Å². The summed E-state index contributed by atoms with van der Waals surface area (Å²) in [5.41, 5.74) is 2.39. The van der Waals surface area contributed by atoms with E-state index in [1.165, 1.54) is 183 Å². The van der Waals surface area contributed by atoms with E-state index in [2.05, 4.69) is 69.4 Å². The fraction of sp³-hybridized carbons (Fsp3) is 0.854. The largest absolute Gasteiger partial charge is 0.507 e. The Labute approximate surface area is 285 Å². The number of rotatable bonds is 33. The summed E-state index contributed by atoms with van der Waals surface area (Å²) in [5, 5.41) is 12.8. The molecule has 1 nitrogen and oxygen atoms in total. The molecule has 0 heterocycles. The van der Waals surface area contributed by atoms with E-state index in [9.17, 15) is 5.11 Å². The first kappa shape index (κ1) is 41.7. The number of aryl methyl sites for hydroxylation is 1. The van der Waals surface area contributed by atoms with Gasteiger partial charge < -0.3 is 5.11 Å². The van der Waals surface area contributed by atoms with Crippen LogP contribution in [0.15, 0.2) is 18.2 Å². The van der Waals surface area contributed by atoms with Crippen LogP contribution in [0.2, 0.25) is 0 Å². The third-order valence-corrected chi connectivity index (χ3v) is 12.1. The van der Waals surface area contributed by atoms with E-state index in [0.717, 1.165) is 18.1 Å². The topological polar surface area (TPSA) is 20.2 Å². The van der Waals surface area contributed by atoms with Gasteiger partial charge in [-0.3, -0.25) is 0 Å². The number of phenols is 1. The molecule has 0 saturated carbocycles. The molecule has 1 aromatic rings. The molecule has 1 N–H and O–H groups in total. The summed E-state index contributed by atoms with van der Waals surface area (Å²) in [5.74, 6) is 3.22. The number of hydrogen-bond donors (Lipinski definition) is 1. The molecule has 0 amide bonds. The highest BCUT2D eigenvalue weighted by molar-refractivity contribution is 8.00. The van der Waals surface area contributed by atoms with Crippen LogP contribution in [0.1, 0.15) is 199 Å². The second-order valence-corrected chi connectivity index (χ2v) is 16.4. The van der Waals surface area contributed by atoms with Crippen LogP contribution < -0.4 is 0 Å². The molecule has 3 heteroatoms. The minimum atomic E-state index is 0.610. The summed E-state index contributed by atoms with van der Waals surface area (Å²) in [6.45, 7) is 9.24. The molecule has 0 radical (unpaired) electrons. The molecule has 1 aromatic carbocycles. The van der Waals surface area contributed by atoms with Gasteiger partial charge in [-0.1, -0.05) is 174 Å². The highest BCUT2D eigenvalue weighted by Gasteiger charge is 2.20. The molecule has 2 atom stereocenters. The van der Waals surface area contributed by atoms with Gasteiger partial charge in [0.2, 0.25) is 0 Å². The third-order valence-electron chi connectivity index (χ3n) is 9.31. The maximum Gasteiger partial charge on any atom is 0.121 e. The Morgan fingerprint density at radius 3 is 1.48 bits per heavy atom. The molecule has 0 bridgehead atoms. The van der Waals surface area contributed by atoms with Crippen molar-refractivity contribution >= 4 is 23.5 Å². The van der Waals surface area contributed by atoms with Crippen LogP contribution in [0, 0.1) is 0 Å². The first-order valence-electron chi connectivity index (χ1n) is 19.7. The Morgan fingerprint density at radius 1 is 0.500 bits per heavy atom. The summed E-state index contributed by atoms with van der Waals surface area (Å²) in [4.78, 5) is 0. The summed E-state index contributed by atoms with van der Waals surface area (Å²) in [6, 6.07) is 6.62. The standard InChI is InChI=1S/C41H76OS2/c1-5-9-13-17-20-21-24-29-37-30-28-31-38(41(37)42)35-40(44-34-27-23-19-15-11-7-3)36-39(32-25-16-12-8-4)43-33-26-22-18-14-10-6-2/h28,30-31,39-40,42H,5-27,29,32-36H2,1-4H3. The van der Waals surface area contributed by atoms with Crippen LogP contribution in [0.25, 0.3) is 0 Å². The molecule has 258 valence electrons. The molecule has 44 heavy (non-hydrogen) atoms. The van der Waals surface area contributed by atoms with Crippen molar-refractivity contribution in [2.24, 2.45) is 0 Å². The van der Waals surface area contributed by atoms with Crippen molar-refractivity contribution in [3.8, 4) is 5.75 Å². The quantitative estimate of drug-likeness (QED) is 0.0766. The van der Waals surface area contributed by atoms with Gasteiger partial charge in [-0.15, -0.1) is 0 Å². The average Bonchev–Trinajstić information content (AvgIpc) is 3.03. The SMILES string of the molecule is CCCCCCCCCc1cccc(CC(CC(CCCCCC)SCCCCCCCC)SCCCCCCCC)c1O. The van der Waals surface area contributed by atoms with E-state index in [4.69, 9.17) is 0 Å². The maximum atomic E-state index is 11.4. The molecule has 0 aliphatic heterocycles. The van der Waals surface area contributed by atoms with Gasteiger partial charge in [0.25, 0.3) is 0 Å². The Kier molecular flexibility index (Phi) is 29.7. The van der Waals surface area contributed by atoms with E-state index >= 15 is 0 Å². The van der Waals surface area contributed by atoms with Crippen LogP contribution in [0.5, 0.6) is 5.75 Å². The van der Waals surface area contributed by atoms with Crippen molar-refractivity contribution in [3.63, 3.8) is 0 Å². The van der Waals surface area contributed by atoms with E-state index in [1.807, 2.05) is 0 Å². The average molecular weight is 649 g/mol. The number of phenolic OH excluding ortho intramolecular Hbond substituents is 1. The monoisotopic (exact) mass is 649 g/mol. The fourth-order valence-electron chi connectivity index (χ4n) is 6.37. The van der Waals surface area contributed by atoms with Crippen LogP contribution in [-0.2, 0) is 12.8 Å². The van der Waals surface area contributed by atoms with E-state index in [-0.39, 0.29) is 0 Å². The molecule has 2 unspecified atom stereocenters. The van der Waals surface area contributed by atoms with Gasteiger partial charge in [0.15, 0.2) is 0 Å². The van der Waals surface area contributed by atoms with Crippen molar-refractivity contribution in [1.29, 1.82) is 0 Å². The van der Waals surface area contributed by atoms with Gasteiger partial charge in [-0.05, 0) is 67.6 Å². The number of para-hydroxylation sites is 1. The molecule has 0 fully saturated rings. The van der Waals surface area contributed by atoms with Gasteiger partial charge >= 0.3 is 0 Å². The lowest BCUT2D eigenvalue weighted by molar-refractivity contribution is 0.457. The van der Waals surface area contributed by atoms with Crippen molar-refractivity contribution in [2.75, 3.05) is 11.5 Å². The normalized spacial score (nSPS) is 13.0. The number of unbranched alkanes of at least 4 members (excludes halogenated alkanes) is 19. The van der Waals surface area contributed by atoms with Gasteiger partial charge in [0.05, 0.1) is 0 Å². The second-order valence-electron chi connectivity index (χ2n) is 13.6. The number of thioether (sulfide) groups is 2. The summed E-state index contributed by atoms with van der Waals surface area (Å²) in [7, 11) is 0. The maximum absolute atomic E-state index is 11.4. The summed E-state index contributed by atoms with van der Waals surface area (Å²) >= 11 is 4.51. The molecule has 0 aliphatic rings. The van der Waals surface area contributed by atoms with Gasteiger partial charge in [0, 0.05) is 10.5 Å². The summed E-state index contributed by atoms with van der Waals surface area (Å²) < 4.78 is 0. The van der Waals surface area contributed by atoms with Gasteiger partial charge in [0.1, 0.15) is 5.75 Å². The number of benzene rings is 1. The molecule has 0 aliphatic carbocycles. The highest BCUT2D eigenvalue weighted by atomic mass is 32.2. The fourth-order valence-corrected chi connectivity index (χ4v) is 9.26. The molecule has 0 saturated heterocycles. The minimum Gasteiger partial charge on any atom is -0.507 e. The van der Waals surface area contributed by atoms with Gasteiger partial charge in [-0.25, -0.2) is 0 Å². The lowest BCUT2D eigenvalue weighted by Crippen LogP contribution is -2.17. The zero-order valence-electron chi connectivity index (χ0n) is 30.2. The van der Waals surface area contributed by atoms with E-state index in [1.54, 1.807) is 0 Å². The lowest BCUT2D eigenvalue weighted by atomic mass is 9.98. The molecular weight excluding hydrogens is 573 g/mol. The Hall–Kier alpha value is -0.280. The summed E-state index contributed by atoms with van der Waals surface area (Å²) in [6.07, 6.45) is 36.1. The predicted octanol–water partition coefficient (Wildman–Crippen LogP) is 14.5. The molecule has 0 spiro atoms. The molecule has 1 rings (SSSR count). The lowest BCUT2D eigenvalue weighted by Gasteiger charge is -2.24. The van der Waals surface area contributed by atoms with Crippen LogP contribution in [0.3, 0.4) is 0 Å². The smallest absolute Gasteiger partial charge is 0.121 e. The third kappa shape index (κ3) is 23.1. The van der Waals surface area contributed by atoms with Crippen LogP contribution in [0.4, 0.5) is 0 Å². The minimum absolute atomic E-state index is 0.610. The highest BCUT2D eigenvalue weighted by Crippen LogP contribution is 2.34. The van der Waals surface area contributed by atoms with Gasteiger partial charge in [-0.2, -0.15) is 23.5 Å². The molecular formula is C41H76OS2.